The monoisotopic (exact) mass is 402 g/mol. The molecule has 1 aromatic heterocycles. The van der Waals surface area contributed by atoms with Crippen LogP contribution >= 0.6 is 0 Å². The highest BCUT2D eigenvalue weighted by atomic mass is 16.2. The molecule has 1 saturated heterocycles. The summed E-state index contributed by atoms with van der Waals surface area (Å²) >= 11 is 0. The Labute approximate surface area is 176 Å². The number of benzene rings is 2. The van der Waals surface area contributed by atoms with Crippen molar-refractivity contribution in [1.82, 2.24) is 15.6 Å². The van der Waals surface area contributed by atoms with E-state index in [4.69, 9.17) is 0 Å². The first-order valence-electron chi connectivity index (χ1n) is 10.4. The van der Waals surface area contributed by atoms with Crippen molar-refractivity contribution in [3.63, 3.8) is 0 Å². The summed E-state index contributed by atoms with van der Waals surface area (Å²) in [7, 11) is 0. The number of nitrogens with one attached hydrogen (secondary N) is 3. The zero-order valence-corrected chi connectivity index (χ0v) is 17.1. The number of carbonyl (C=O) groups excluding carboxylic acids is 2. The normalized spacial score (nSPS) is 16.2. The van der Waals surface area contributed by atoms with Crippen molar-refractivity contribution in [1.29, 1.82) is 0 Å². The van der Waals surface area contributed by atoms with E-state index < -0.39 is 0 Å². The third kappa shape index (κ3) is 4.33. The fourth-order valence-electron chi connectivity index (χ4n) is 3.92. The molecule has 0 aliphatic carbocycles. The maximum atomic E-state index is 13.0. The molecule has 6 nitrogen and oxygen atoms in total. The van der Waals surface area contributed by atoms with Crippen LogP contribution in [-0.4, -0.2) is 35.9 Å². The first-order valence-corrected chi connectivity index (χ1v) is 10.4. The van der Waals surface area contributed by atoms with E-state index >= 15 is 0 Å². The molecule has 1 atom stereocenters. The highest BCUT2D eigenvalue weighted by molar-refractivity contribution is 6.14. The van der Waals surface area contributed by atoms with Gasteiger partial charge in [0.2, 0.25) is 0 Å². The number of nitrogens with zero attached hydrogens (tertiary/aromatic N) is 1. The Balaban J connectivity index is 1.52. The van der Waals surface area contributed by atoms with Crippen molar-refractivity contribution >= 4 is 28.3 Å². The number of piperidine rings is 1. The van der Waals surface area contributed by atoms with Crippen LogP contribution in [0, 0.1) is 6.92 Å². The van der Waals surface area contributed by atoms with E-state index in [1.54, 1.807) is 18.3 Å². The second-order valence-corrected chi connectivity index (χ2v) is 7.69. The standard InChI is InChI=1S/C24H26N4O2/c1-16-11-12-20(19-9-3-2-8-18(16)19)23(29)28-21-10-6-14-26-22(21)24(30)27-15-17-7-4-5-13-25-17/h2-3,6,8-12,14,17,25H,4-5,7,13,15H2,1H3,(H,27,30)(H,28,29)/t17-/m0/s1. The third-order valence-corrected chi connectivity index (χ3v) is 5.58. The lowest BCUT2D eigenvalue weighted by Crippen LogP contribution is -2.43. The van der Waals surface area contributed by atoms with Crippen molar-refractivity contribution in [2.45, 2.75) is 32.2 Å². The molecule has 0 unspecified atom stereocenters. The number of anilines is 1. The number of aryl methyl sites for hydroxylation is 1. The molecule has 4 rings (SSSR count). The minimum absolute atomic E-state index is 0.220. The number of aromatic nitrogens is 1. The van der Waals surface area contributed by atoms with Gasteiger partial charge in [0.05, 0.1) is 5.69 Å². The van der Waals surface area contributed by atoms with Crippen LogP contribution in [0.25, 0.3) is 10.8 Å². The molecule has 0 radical (unpaired) electrons. The fourth-order valence-corrected chi connectivity index (χ4v) is 3.92. The van der Waals surface area contributed by atoms with Gasteiger partial charge in [0, 0.05) is 24.3 Å². The summed E-state index contributed by atoms with van der Waals surface area (Å²) in [5, 5.41) is 11.2. The molecule has 1 fully saturated rings. The Morgan fingerprint density at radius 1 is 1.03 bits per heavy atom. The number of amides is 2. The molecule has 3 N–H and O–H groups in total. The Morgan fingerprint density at radius 3 is 2.67 bits per heavy atom. The number of carbonyl (C=O) groups is 2. The van der Waals surface area contributed by atoms with E-state index in [1.165, 1.54) is 12.8 Å². The molecule has 3 aromatic rings. The van der Waals surface area contributed by atoms with Crippen LogP contribution in [0.2, 0.25) is 0 Å². The Morgan fingerprint density at radius 2 is 1.87 bits per heavy atom. The molecule has 2 aromatic carbocycles. The van der Waals surface area contributed by atoms with Crippen molar-refractivity contribution in [3.05, 3.63) is 71.5 Å². The van der Waals surface area contributed by atoms with E-state index in [1.807, 2.05) is 43.3 Å². The summed E-state index contributed by atoms with van der Waals surface area (Å²) in [5.74, 6) is -0.547. The summed E-state index contributed by atoms with van der Waals surface area (Å²) < 4.78 is 0. The number of rotatable bonds is 5. The van der Waals surface area contributed by atoms with E-state index in [-0.39, 0.29) is 23.6 Å². The zero-order valence-electron chi connectivity index (χ0n) is 17.1. The van der Waals surface area contributed by atoms with Crippen molar-refractivity contribution in [2.24, 2.45) is 0 Å². The lowest BCUT2D eigenvalue weighted by Gasteiger charge is -2.23. The maximum absolute atomic E-state index is 13.0. The Bertz CT molecular complexity index is 1070. The Kier molecular flexibility index (Phi) is 6.05. The second kappa shape index (κ2) is 9.05. The van der Waals surface area contributed by atoms with Gasteiger partial charge in [0.15, 0.2) is 5.69 Å². The topological polar surface area (TPSA) is 83.1 Å². The van der Waals surface area contributed by atoms with E-state index in [2.05, 4.69) is 20.9 Å². The molecule has 6 heteroatoms. The highest BCUT2D eigenvalue weighted by Crippen LogP contribution is 2.24. The van der Waals surface area contributed by atoms with Crippen LogP contribution in [0.1, 0.15) is 45.7 Å². The van der Waals surface area contributed by atoms with Crippen molar-refractivity contribution < 1.29 is 9.59 Å². The van der Waals surface area contributed by atoms with Gasteiger partial charge in [-0.1, -0.05) is 36.8 Å². The van der Waals surface area contributed by atoms with E-state index in [0.717, 1.165) is 29.3 Å². The van der Waals surface area contributed by atoms with Crippen LogP contribution in [0.5, 0.6) is 0 Å². The molecule has 1 aliphatic rings. The van der Waals surface area contributed by atoms with Crippen molar-refractivity contribution in [3.8, 4) is 0 Å². The summed E-state index contributed by atoms with van der Waals surface area (Å²) in [6, 6.07) is 15.3. The van der Waals surface area contributed by atoms with Gasteiger partial charge in [-0.15, -0.1) is 0 Å². The predicted octanol–water partition coefficient (Wildman–Crippen LogP) is 3.67. The first kappa shape index (κ1) is 20.0. The smallest absolute Gasteiger partial charge is 0.272 e. The van der Waals surface area contributed by atoms with E-state index in [0.29, 0.717) is 17.8 Å². The van der Waals surface area contributed by atoms with Crippen LogP contribution < -0.4 is 16.0 Å². The molecule has 0 bridgehead atoms. The molecule has 2 heterocycles. The number of hydrogen-bond donors (Lipinski definition) is 3. The van der Waals surface area contributed by atoms with Gasteiger partial charge in [0.1, 0.15) is 0 Å². The van der Waals surface area contributed by atoms with E-state index in [9.17, 15) is 9.59 Å². The number of hydrogen-bond acceptors (Lipinski definition) is 4. The molecular formula is C24H26N4O2. The van der Waals surface area contributed by atoms with Gasteiger partial charge in [-0.05, 0) is 60.8 Å². The SMILES string of the molecule is Cc1ccc(C(=O)Nc2cccnc2C(=O)NC[C@@H]2CCCCN2)c2ccccc12. The summed E-state index contributed by atoms with van der Waals surface area (Å²) in [6.45, 7) is 3.55. The first-order chi connectivity index (χ1) is 14.6. The van der Waals surface area contributed by atoms with Gasteiger partial charge >= 0.3 is 0 Å². The third-order valence-electron chi connectivity index (χ3n) is 5.58. The zero-order chi connectivity index (χ0) is 20.9. The Hall–Kier alpha value is -3.25. The minimum Gasteiger partial charge on any atom is -0.349 e. The molecular weight excluding hydrogens is 376 g/mol. The van der Waals surface area contributed by atoms with Gasteiger partial charge in [0.25, 0.3) is 11.8 Å². The van der Waals surface area contributed by atoms with Gasteiger partial charge < -0.3 is 16.0 Å². The molecule has 1 aliphatic heterocycles. The average molecular weight is 402 g/mol. The van der Waals surface area contributed by atoms with Crippen molar-refractivity contribution in [2.75, 3.05) is 18.4 Å². The molecule has 30 heavy (non-hydrogen) atoms. The van der Waals surface area contributed by atoms with Gasteiger partial charge in [-0.3, -0.25) is 9.59 Å². The largest absolute Gasteiger partial charge is 0.349 e. The number of fused-ring (bicyclic) bond motifs is 1. The average Bonchev–Trinajstić information content (AvgIpc) is 2.79. The molecule has 0 saturated carbocycles. The number of pyridine rings is 1. The second-order valence-electron chi connectivity index (χ2n) is 7.69. The molecule has 154 valence electrons. The van der Waals surface area contributed by atoms with Crippen LogP contribution in [0.15, 0.2) is 54.7 Å². The van der Waals surface area contributed by atoms with Gasteiger partial charge in [-0.2, -0.15) is 0 Å². The summed E-state index contributed by atoms with van der Waals surface area (Å²) in [5.41, 5.74) is 2.30. The highest BCUT2D eigenvalue weighted by Gasteiger charge is 2.19. The molecule has 0 spiro atoms. The molecule has 2 amide bonds. The summed E-state index contributed by atoms with van der Waals surface area (Å²) in [6.07, 6.45) is 4.95. The fraction of sp³-hybridized carbons (Fsp3) is 0.292. The van der Waals surface area contributed by atoms with Gasteiger partial charge in [-0.25, -0.2) is 4.98 Å². The maximum Gasteiger partial charge on any atom is 0.272 e. The van der Waals surface area contributed by atoms with Crippen LogP contribution in [-0.2, 0) is 0 Å². The lowest BCUT2D eigenvalue weighted by molar-refractivity contribution is 0.0943. The quantitative estimate of drug-likeness (QED) is 0.608. The summed E-state index contributed by atoms with van der Waals surface area (Å²) in [4.78, 5) is 30.0. The minimum atomic E-state index is -0.285. The lowest BCUT2D eigenvalue weighted by atomic mass is 10.00. The predicted molar refractivity (Wildman–Crippen MR) is 119 cm³/mol. The van der Waals surface area contributed by atoms with Crippen LogP contribution in [0.4, 0.5) is 5.69 Å². The van der Waals surface area contributed by atoms with Crippen LogP contribution in [0.3, 0.4) is 0 Å².